The third kappa shape index (κ3) is 6.09. The lowest BCUT2D eigenvalue weighted by atomic mass is 9.77. The van der Waals surface area contributed by atoms with Crippen molar-refractivity contribution in [2.24, 2.45) is 0 Å². The third-order valence-electron chi connectivity index (χ3n) is 3.18. The van der Waals surface area contributed by atoms with E-state index in [0.717, 1.165) is 6.04 Å². The van der Waals surface area contributed by atoms with Crippen molar-refractivity contribution in [1.82, 2.24) is 0 Å². The highest BCUT2D eigenvalue weighted by Crippen LogP contribution is 2.23. The molecule has 1 aromatic carbocycles. The molecule has 0 heterocycles. The first kappa shape index (κ1) is 18.0. The van der Waals surface area contributed by atoms with E-state index in [9.17, 15) is 10.0 Å². The Morgan fingerprint density at radius 2 is 1.86 bits per heavy atom. The van der Waals surface area contributed by atoms with Gasteiger partial charge in [-0.3, -0.25) is 0 Å². The van der Waals surface area contributed by atoms with E-state index in [1.807, 2.05) is 0 Å². The molecule has 0 aromatic heterocycles. The number of benzene rings is 1. The SMILES string of the molecule is COc1cc(OCOCC[Si](C)(C)C)c(C)c(B(O)O)c1. The van der Waals surface area contributed by atoms with E-state index < -0.39 is 15.2 Å². The van der Waals surface area contributed by atoms with Gasteiger partial charge in [0.1, 0.15) is 11.5 Å². The van der Waals surface area contributed by atoms with E-state index in [1.54, 1.807) is 19.1 Å². The standard InChI is InChI=1S/C14H25BO5Si/c1-11-13(15(16)17)8-12(18-2)9-14(11)20-10-19-6-7-21(3,4)5/h8-9,16-17H,6-7,10H2,1-5H3. The van der Waals surface area contributed by atoms with Crippen LogP contribution in [0.5, 0.6) is 11.5 Å². The molecule has 0 atom stereocenters. The lowest BCUT2D eigenvalue weighted by Gasteiger charge is -2.17. The first-order valence-electron chi connectivity index (χ1n) is 7.00. The van der Waals surface area contributed by atoms with Crippen LogP contribution in [0.1, 0.15) is 5.56 Å². The second-order valence-electron chi connectivity index (χ2n) is 6.19. The second-order valence-corrected chi connectivity index (χ2v) is 11.8. The molecular formula is C14H25BO5Si. The Balaban J connectivity index is 2.64. The van der Waals surface area contributed by atoms with Gasteiger partial charge in [-0.2, -0.15) is 0 Å². The fourth-order valence-corrected chi connectivity index (χ4v) is 2.52. The maximum atomic E-state index is 9.37. The largest absolute Gasteiger partial charge is 0.497 e. The van der Waals surface area contributed by atoms with Gasteiger partial charge in [0.05, 0.1) is 7.11 Å². The summed E-state index contributed by atoms with van der Waals surface area (Å²) in [5, 5.41) is 18.7. The lowest BCUT2D eigenvalue weighted by molar-refractivity contribution is 0.0216. The Morgan fingerprint density at radius 1 is 1.19 bits per heavy atom. The lowest BCUT2D eigenvalue weighted by Crippen LogP contribution is -2.32. The molecule has 0 aliphatic carbocycles. The molecule has 0 fully saturated rings. The highest BCUT2D eigenvalue weighted by atomic mass is 28.3. The number of hydrogen-bond donors (Lipinski definition) is 2. The van der Waals surface area contributed by atoms with Crippen LogP contribution in [0.25, 0.3) is 0 Å². The second kappa shape index (κ2) is 7.84. The fourth-order valence-electron chi connectivity index (χ4n) is 1.76. The average Bonchev–Trinajstić information content (AvgIpc) is 2.38. The summed E-state index contributed by atoms with van der Waals surface area (Å²) in [6.45, 7) is 9.45. The number of ether oxygens (including phenoxy) is 3. The van der Waals surface area contributed by atoms with Crippen LogP contribution in [0.3, 0.4) is 0 Å². The molecule has 0 aliphatic heterocycles. The topological polar surface area (TPSA) is 68.2 Å². The Morgan fingerprint density at radius 3 is 2.38 bits per heavy atom. The molecule has 7 heteroatoms. The Bertz CT molecular complexity index is 459. The van der Waals surface area contributed by atoms with Gasteiger partial charge in [0.15, 0.2) is 6.79 Å². The summed E-state index contributed by atoms with van der Waals surface area (Å²) < 4.78 is 16.2. The van der Waals surface area contributed by atoms with Gasteiger partial charge in [-0.25, -0.2) is 0 Å². The van der Waals surface area contributed by atoms with Gasteiger partial charge in [-0.1, -0.05) is 19.6 Å². The quantitative estimate of drug-likeness (QED) is 0.431. The summed E-state index contributed by atoms with van der Waals surface area (Å²) in [6.07, 6.45) is 0. The van der Waals surface area contributed by atoms with Crippen molar-refractivity contribution in [2.45, 2.75) is 32.6 Å². The van der Waals surface area contributed by atoms with Crippen LogP contribution in [0.2, 0.25) is 25.7 Å². The molecule has 2 N–H and O–H groups in total. The summed E-state index contributed by atoms with van der Waals surface area (Å²) in [4.78, 5) is 0. The van der Waals surface area contributed by atoms with Gasteiger partial charge in [-0.05, 0) is 30.1 Å². The molecule has 0 aliphatic rings. The first-order chi connectivity index (χ1) is 9.74. The van der Waals surface area contributed by atoms with Crippen LogP contribution in [-0.2, 0) is 4.74 Å². The molecule has 1 rings (SSSR count). The van der Waals surface area contributed by atoms with Crippen molar-refractivity contribution in [2.75, 3.05) is 20.5 Å². The van der Waals surface area contributed by atoms with Crippen molar-refractivity contribution in [1.29, 1.82) is 0 Å². The predicted molar refractivity (Wildman–Crippen MR) is 87.2 cm³/mol. The van der Waals surface area contributed by atoms with E-state index in [-0.39, 0.29) is 6.79 Å². The van der Waals surface area contributed by atoms with Gasteiger partial charge in [0.25, 0.3) is 0 Å². The molecule has 0 spiro atoms. The molecule has 0 amide bonds. The number of hydrogen-bond acceptors (Lipinski definition) is 5. The smallest absolute Gasteiger partial charge is 0.488 e. The van der Waals surface area contributed by atoms with Gasteiger partial charge < -0.3 is 24.3 Å². The minimum Gasteiger partial charge on any atom is -0.497 e. The fraction of sp³-hybridized carbons (Fsp3) is 0.571. The van der Waals surface area contributed by atoms with Crippen molar-refractivity contribution < 1.29 is 24.3 Å². The maximum Gasteiger partial charge on any atom is 0.488 e. The summed E-state index contributed by atoms with van der Waals surface area (Å²) in [5.74, 6) is 1.05. The highest BCUT2D eigenvalue weighted by Gasteiger charge is 2.19. The molecule has 0 radical (unpaired) electrons. The minimum atomic E-state index is -1.56. The van der Waals surface area contributed by atoms with E-state index in [4.69, 9.17) is 14.2 Å². The van der Waals surface area contributed by atoms with Crippen LogP contribution >= 0.6 is 0 Å². The first-order valence-corrected chi connectivity index (χ1v) is 10.7. The number of methoxy groups -OCH3 is 1. The van der Waals surface area contributed by atoms with E-state index in [1.165, 1.54) is 7.11 Å². The molecule has 1 aromatic rings. The Labute approximate surface area is 128 Å². The van der Waals surface area contributed by atoms with Crippen LogP contribution in [0.15, 0.2) is 12.1 Å². The zero-order chi connectivity index (χ0) is 16.0. The van der Waals surface area contributed by atoms with E-state index in [2.05, 4.69) is 19.6 Å². The predicted octanol–water partition coefficient (Wildman–Crippen LogP) is 1.37. The monoisotopic (exact) mass is 312 g/mol. The maximum absolute atomic E-state index is 9.37. The molecular weight excluding hydrogens is 287 g/mol. The van der Waals surface area contributed by atoms with Crippen LogP contribution in [-0.4, -0.2) is 45.7 Å². The summed E-state index contributed by atoms with van der Waals surface area (Å²) in [6, 6.07) is 4.37. The molecule has 118 valence electrons. The molecule has 0 saturated heterocycles. The Kier molecular flexibility index (Phi) is 6.73. The van der Waals surface area contributed by atoms with Crippen molar-refractivity contribution in [3.05, 3.63) is 17.7 Å². The average molecular weight is 312 g/mol. The van der Waals surface area contributed by atoms with Gasteiger partial charge in [-0.15, -0.1) is 0 Å². The Hall–Kier alpha value is -1.02. The van der Waals surface area contributed by atoms with Crippen molar-refractivity contribution in [3.63, 3.8) is 0 Å². The van der Waals surface area contributed by atoms with Crippen molar-refractivity contribution in [3.8, 4) is 11.5 Å². The normalized spacial score (nSPS) is 11.4. The van der Waals surface area contributed by atoms with E-state index >= 15 is 0 Å². The molecule has 0 saturated carbocycles. The van der Waals surface area contributed by atoms with Gasteiger partial charge in [0, 0.05) is 20.7 Å². The molecule has 5 nitrogen and oxygen atoms in total. The summed E-state index contributed by atoms with van der Waals surface area (Å²) >= 11 is 0. The van der Waals surface area contributed by atoms with Crippen LogP contribution in [0, 0.1) is 6.92 Å². The minimum absolute atomic E-state index is 0.138. The third-order valence-corrected chi connectivity index (χ3v) is 4.89. The zero-order valence-corrected chi connectivity index (χ0v) is 14.5. The molecule has 21 heavy (non-hydrogen) atoms. The zero-order valence-electron chi connectivity index (χ0n) is 13.5. The summed E-state index contributed by atoms with van der Waals surface area (Å²) in [5.41, 5.74) is 1.03. The van der Waals surface area contributed by atoms with Crippen LogP contribution < -0.4 is 14.9 Å². The van der Waals surface area contributed by atoms with Crippen molar-refractivity contribution >= 4 is 20.7 Å². The van der Waals surface area contributed by atoms with E-state index in [0.29, 0.717) is 29.1 Å². The molecule has 0 unspecified atom stereocenters. The highest BCUT2D eigenvalue weighted by molar-refractivity contribution is 6.76. The molecule has 0 bridgehead atoms. The summed E-state index contributed by atoms with van der Waals surface area (Å²) in [7, 11) is -1.14. The van der Waals surface area contributed by atoms with Gasteiger partial charge >= 0.3 is 7.12 Å². The van der Waals surface area contributed by atoms with Gasteiger partial charge in [0.2, 0.25) is 0 Å². The number of rotatable bonds is 8. The van der Waals surface area contributed by atoms with Crippen LogP contribution in [0.4, 0.5) is 0 Å².